The number of nitrogens with zero attached hydrogens (tertiary/aromatic N) is 2. The lowest BCUT2D eigenvalue weighted by molar-refractivity contribution is 0.104. The Kier molecular flexibility index (Phi) is 5.04. The molecule has 0 aromatic heterocycles. The number of carbonyl (C=O) groups is 1. The number of amides is 1. The zero-order chi connectivity index (χ0) is 16.9. The molecule has 2 aromatic rings. The van der Waals surface area contributed by atoms with Crippen molar-refractivity contribution in [3.05, 3.63) is 65.7 Å². The highest BCUT2D eigenvalue weighted by atomic mass is 16.6. The second-order valence-electron chi connectivity index (χ2n) is 6.46. The first-order valence-electron chi connectivity index (χ1n) is 8.36. The number of hydrogen-bond acceptors (Lipinski definition) is 3. The van der Waals surface area contributed by atoms with Crippen LogP contribution in [0, 0.1) is 0 Å². The van der Waals surface area contributed by atoms with Crippen LogP contribution in [0.5, 0.6) is 0 Å². The third kappa shape index (κ3) is 3.88. The predicted octanol–water partition coefficient (Wildman–Crippen LogP) is 3.88. The zero-order valence-corrected chi connectivity index (χ0v) is 14.3. The summed E-state index contributed by atoms with van der Waals surface area (Å²) >= 11 is 0. The molecule has 126 valence electrons. The first kappa shape index (κ1) is 16.4. The Bertz CT molecular complexity index is 668. The van der Waals surface area contributed by atoms with Crippen molar-refractivity contribution in [2.45, 2.75) is 18.9 Å². The van der Waals surface area contributed by atoms with Crippen LogP contribution in [0.15, 0.2) is 54.6 Å². The topological polar surface area (TPSA) is 32.8 Å². The molecule has 1 heterocycles. The fourth-order valence-electron chi connectivity index (χ4n) is 3.05. The van der Waals surface area contributed by atoms with E-state index in [1.807, 2.05) is 49.3 Å². The number of rotatable bonds is 4. The van der Waals surface area contributed by atoms with E-state index in [0.717, 1.165) is 25.1 Å². The maximum Gasteiger partial charge on any atom is 0.410 e. The summed E-state index contributed by atoms with van der Waals surface area (Å²) in [5.74, 6) is 0.394. The number of anilines is 1. The van der Waals surface area contributed by atoms with Crippen LogP contribution >= 0.6 is 0 Å². The fourth-order valence-corrected chi connectivity index (χ4v) is 3.05. The summed E-state index contributed by atoms with van der Waals surface area (Å²) in [7, 11) is 4.07. The lowest BCUT2D eigenvalue weighted by Crippen LogP contribution is -2.29. The second kappa shape index (κ2) is 7.39. The van der Waals surface area contributed by atoms with Gasteiger partial charge in [0.1, 0.15) is 6.61 Å². The standard InChI is InChI=1S/C20H24N2O2/c1-21(2)19-10-8-17(9-11-19)18-12-13-22(14-18)20(23)24-15-16-6-4-3-5-7-16/h3-11,18H,12-15H2,1-2H3. The van der Waals surface area contributed by atoms with Crippen molar-refractivity contribution in [1.82, 2.24) is 4.90 Å². The average molecular weight is 324 g/mol. The number of ether oxygens (including phenoxy) is 1. The molecule has 1 amide bonds. The Morgan fingerprint density at radius 3 is 2.50 bits per heavy atom. The summed E-state index contributed by atoms with van der Waals surface area (Å²) in [4.78, 5) is 16.1. The van der Waals surface area contributed by atoms with Crippen LogP contribution in [0.1, 0.15) is 23.5 Å². The maximum atomic E-state index is 12.2. The van der Waals surface area contributed by atoms with Gasteiger partial charge in [0.05, 0.1) is 0 Å². The molecule has 0 N–H and O–H groups in total. The summed E-state index contributed by atoms with van der Waals surface area (Å²) in [6, 6.07) is 18.4. The first-order chi connectivity index (χ1) is 11.6. The molecule has 0 bridgehead atoms. The zero-order valence-electron chi connectivity index (χ0n) is 14.3. The molecule has 1 atom stereocenters. The molecule has 1 unspecified atom stereocenters. The molecular formula is C20H24N2O2. The van der Waals surface area contributed by atoms with Gasteiger partial charge in [-0.3, -0.25) is 0 Å². The van der Waals surface area contributed by atoms with E-state index in [1.54, 1.807) is 0 Å². The van der Waals surface area contributed by atoms with Crippen molar-refractivity contribution in [3.8, 4) is 0 Å². The van der Waals surface area contributed by atoms with Crippen molar-refractivity contribution < 1.29 is 9.53 Å². The summed E-state index contributed by atoms with van der Waals surface area (Å²) in [5, 5.41) is 0. The number of benzene rings is 2. The largest absolute Gasteiger partial charge is 0.445 e. The van der Waals surface area contributed by atoms with Gasteiger partial charge in [-0.25, -0.2) is 4.79 Å². The average Bonchev–Trinajstić information content (AvgIpc) is 3.11. The lowest BCUT2D eigenvalue weighted by atomic mass is 9.98. The lowest BCUT2D eigenvalue weighted by Gasteiger charge is -2.17. The van der Waals surface area contributed by atoms with Gasteiger partial charge in [0.25, 0.3) is 0 Å². The second-order valence-corrected chi connectivity index (χ2v) is 6.46. The van der Waals surface area contributed by atoms with Crippen LogP contribution < -0.4 is 4.90 Å². The molecule has 0 aliphatic carbocycles. The number of hydrogen-bond donors (Lipinski definition) is 0. The number of likely N-dealkylation sites (tertiary alicyclic amines) is 1. The quantitative estimate of drug-likeness (QED) is 0.855. The van der Waals surface area contributed by atoms with Gasteiger partial charge in [-0.05, 0) is 29.7 Å². The van der Waals surface area contributed by atoms with E-state index >= 15 is 0 Å². The van der Waals surface area contributed by atoms with Crippen LogP contribution in [0.25, 0.3) is 0 Å². The monoisotopic (exact) mass is 324 g/mol. The number of carbonyl (C=O) groups excluding carboxylic acids is 1. The SMILES string of the molecule is CN(C)c1ccc(C2CCN(C(=O)OCc3ccccc3)C2)cc1. The van der Waals surface area contributed by atoms with Crippen molar-refractivity contribution in [3.63, 3.8) is 0 Å². The van der Waals surface area contributed by atoms with Crippen molar-refractivity contribution >= 4 is 11.8 Å². The van der Waals surface area contributed by atoms with Crippen molar-refractivity contribution in [2.24, 2.45) is 0 Å². The molecule has 2 aromatic carbocycles. The Morgan fingerprint density at radius 2 is 1.83 bits per heavy atom. The predicted molar refractivity (Wildman–Crippen MR) is 96.3 cm³/mol. The Labute approximate surface area is 143 Å². The first-order valence-corrected chi connectivity index (χ1v) is 8.36. The minimum absolute atomic E-state index is 0.216. The van der Waals surface area contributed by atoms with E-state index in [9.17, 15) is 4.79 Å². The van der Waals surface area contributed by atoms with Crippen molar-refractivity contribution in [2.75, 3.05) is 32.1 Å². The smallest absolute Gasteiger partial charge is 0.410 e. The highest BCUT2D eigenvalue weighted by molar-refractivity contribution is 5.68. The van der Waals surface area contributed by atoms with E-state index in [4.69, 9.17) is 4.74 Å². The normalized spacial score (nSPS) is 16.9. The molecule has 24 heavy (non-hydrogen) atoms. The molecule has 1 aliphatic heterocycles. The third-order valence-corrected chi connectivity index (χ3v) is 4.53. The summed E-state index contributed by atoms with van der Waals surface area (Å²) in [6.45, 7) is 1.82. The van der Waals surface area contributed by atoms with Crippen LogP contribution in [0.3, 0.4) is 0 Å². The summed E-state index contributed by atoms with van der Waals surface area (Å²) in [5.41, 5.74) is 3.50. The molecule has 3 rings (SSSR count). The van der Waals surface area contributed by atoms with E-state index in [2.05, 4.69) is 29.2 Å². The van der Waals surface area contributed by atoms with Crippen LogP contribution in [-0.2, 0) is 11.3 Å². The van der Waals surface area contributed by atoms with Gasteiger partial charge < -0.3 is 14.5 Å². The van der Waals surface area contributed by atoms with Crippen LogP contribution in [0.2, 0.25) is 0 Å². The van der Waals surface area contributed by atoms with Gasteiger partial charge in [-0.1, -0.05) is 42.5 Å². The van der Waals surface area contributed by atoms with Gasteiger partial charge in [-0.2, -0.15) is 0 Å². The Hall–Kier alpha value is -2.49. The molecule has 1 fully saturated rings. The van der Waals surface area contributed by atoms with E-state index in [-0.39, 0.29) is 6.09 Å². The summed E-state index contributed by atoms with van der Waals surface area (Å²) < 4.78 is 5.43. The minimum Gasteiger partial charge on any atom is -0.445 e. The van der Waals surface area contributed by atoms with E-state index < -0.39 is 0 Å². The molecule has 0 saturated carbocycles. The molecule has 4 nitrogen and oxygen atoms in total. The highest BCUT2D eigenvalue weighted by Crippen LogP contribution is 2.28. The van der Waals surface area contributed by atoms with Gasteiger partial charge in [0.2, 0.25) is 0 Å². The van der Waals surface area contributed by atoms with Crippen LogP contribution in [-0.4, -0.2) is 38.2 Å². The van der Waals surface area contributed by atoms with Gasteiger partial charge >= 0.3 is 6.09 Å². The van der Waals surface area contributed by atoms with Gasteiger partial charge in [0.15, 0.2) is 0 Å². The van der Waals surface area contributed by atoms with E-state index in [1.165, 1.54) is 11.3 Å². The van der Waals surface area contributed by atoms with Gasteiger partial charge in [0, 0.05) is 38.8 Å². The molecule has 4 heteroatoms. The molecule has 1 saturated heterocycles. The van der Waals surface area contributed by atoms with Crippen molar-refractivity contribution in [1.29, 1.82) is 0 Å². The molecular weight excluding hydrogens is 300 g/mol. The Morgan fingerprint density at radius 1 is 1.12 bits per heavy atom. The molecule has 0 spiro atoms. The van der Waals surface area contributed by atoms with Gasteiger partial charge in [-0.15, -0.1) is 0 Å². The van der Waals surface area contributed by atoms with E-state index in [0.29, 0.717) is 12.5 Å². The molecule has 0 radical (unpaired) electrons. The highest BCUT2D eigenvalue weighted by Gasteiger charge is 2.28. The summed E-state index contributed by atoms with van der Waals surface area (Å²) in [6.07, 6.45) is 0.771. The maximum absolute atomic E-state index is 12.2. The van der Waals surface area contributed by atoms with Crippen LogP contribution in [0.4, 0.5) is 10.5 Å². The fraction of sp³-hybridized carbons (Fsp3) is 0.350. The minimum atomic E-state index is -0.216. The Balaban J connectivity index is 1.53. The third-order valence-electron chi connectivity index (χ3n) is 4.53. The molecule has 1 aliphatic rings.